The summed E-state index contributed by atoms with van der Waals surface area (Å²) >= 11 is 0. The molecule has 7 rings (SSSR count). The van der Waals surface area contributed by atoms with E-state index in [1.54, 1.807) is 0 Å². The lowest BCUT2D eigenvalue weighted by Gasteiger charge is -2.26. The number of anilines is 6. The van der Waals surface area contributed by atoms with Crippen LogP contribution in [0.3, 0.4) is 0 Å². The highest BCUT2D eigenvalue weighted by atomic mass is 15.1. The Bertz CT molecular complexity index is 1960. The number of para-hydroxylation sites is 3. The second-order valence-corrected chi connectivity index (χ2v) is 11.1. The van der Waals surface area contributed by atoms with Crippen molar-refractivity contribution in [3.8, 4) is 11.1 Å². The lowest BCUT2D eigenvalue weighted by molar-refractivity contribution is 1.28. The number of hydrogen-bond donors (Lipinski definition) is 0. The minimum atomic E-state index is 1.11. The molecule has 0 radical (unpaired) electrons. The summed E-state index contributed by atoms with van der Waals surface area (Å²) in [5.41, 5.74) is 11.4. The molecular formula is C44H34N2. The van der Waals surface area contributed by atoms with Crippen molar-refractivity contribution in [2.75, 3.05) is 9.80 Å². The first kappa shape index (κ1) is 28.6. The van der Waals surface area contributed by atoms with E-state index in [9.17, 15) is 0 Å². The molecular weight excluding hydrogens is 556 g/mol. The molecule has 7 aromatic rings. The molecule has 7 aromatic carbocycles. The van der Waals surface area contributed by atoms with E-state index < -0.39 is 0 Å². The van der Waals surface area contributed by atoms with Crippen LogP contribution in [0.4, 0.5) is 34.1 Å². The first-order chi connectivity index (χ1) is 22.8. The molecule has 0 fully saturated rings. The van der Waals surface area contributed by atoms with Crippen LogP contribution in [0.2, 0.25) is 0 Å². The van der Waals surface area contributed by atoms with Gasteiger partial charge in [-0.3, -0.25) is 0 Å². The van der Waals surface area contributed by atoms with Gasteiger partial charge < -0.3 is 9.80 Å². The molecule has 2 nitrogen and oxygen atoms in total. The minimum Gasteiger partial charge on any atom is -0.311 e. The highest BCUT2D eigenvalue weighted by Crippen LogP contribution is 2.37. The second-order valence-electron chi connectivity index (χ2n) is 11.1. The molecule has 0 unspecified atom stereocenters. The van der Waals surface area contributed by atoms with Gasteiger partial charge in [0.05, 0.1) is 0 Å². The smallest absolute Gasteiger partial charge is 0.0467 e. The van der Waals surface area contributed by atoms with Gasteiger partial charge in [-0.2, -0.15) is 0 Å². The summed E-state index contributed by atoms with van der Waals surface area (Å²) in [4.78, 5) is 4.59. The Labute approximate surface area is 271 Å². The Hall–Kier alpha value is -6.12. The average Bonchev–Trinajstić information content (AvgIpc) is 3.14. The van der Waals surface area contributed by atoms with Crippen molar-refractivity contribution in [2.24, 2.45) is 0 Å². The molecule has 0 aromatic heterocycles. The van der Waals surface area contributed by atoms with Gasteiger partial charge in [-0.25, -0.2) is 0 Å². The van der Waals surface area contributed by atoms with Crippen LogP contribution in [0.5, 0.6) is 0 Å². The van der Waals surface area contributed by atoms with Crippen LogP contribution in [0.25, 0.3) is 23.3 Å². The molecule has 0 saturated carbocycles. The maximum atomic E-state index is 2.31. The monoisotopic (exact) mass is 590 g/mol. The number of nitrogens with zero attached hydrogens (tertiary/aromatic N) is 2. The predicted molar refractivity (Wildman–Crippen MR) is 197 cm³/mol. The van der Waals surface area contributed by atoms with Crippen molar-refractivity contribution in [1.82, 2.24) is 0 Å². The van der Waals surface area contributed by atoms with Crippen molar-refractivity contribution in [3.05, 3.63) is 205 Å². The maximum absolute atomic E-state index is 2.31. The lowest BCUT2D eigenvalue weighted by atomic mass is 10.0. The summed E-state index contributed by atoms with van der Waals surface area (Å²) in [7, 11) is 0. The Morgan fingerprint density at radius 2 is 0.587 bits per heavy atom. The van der Waals surface area contributed by atoms with Crippen LogP contribution in [-0.4, -0.2) is 0 Å². The highest BCUT2D eigenvalue weighted by Gasteiger charge is 2.14. The van der Waals surface area contributed by atoms with Gasteiger partial charge in [-0.15, -0.1) is 0 Å². The van der Waals surface area contributed by atoms with Crippen LogP contribution in [-0.2, 0) is 0 Å². The van der Waals surface area contributed by atoms with E-state index in [2.05, 4.69) is 216 Å². The first-order valence-electron chi connectivity index (χ1n) is 15.6. The zero-order valence-corrected chi connectivity index (χ0v) is 25.5. The highest BCUT2D eigenvalue weighted by molar-refractivity contribution is 5.81. The lowest BCUT2D eigenvalue weighted by Crippen LogP contribution is -2.09. The normalized spacial score (nSPS) is 11.0. The third-order valence-corrected chi connectivity index (χ3v) is 8.03. The zero-order chi connectivity index (χ0) is 31.0. The SMILES string of the molecule is C(=Cc1ccc(N(c2ccccc2)c2cccc(-c3ccccc3)c2)cc1)c1ccc(N(c2ccccc2)c2ccccc2)cc1. The third kappa shape index (κ3) is 6.52. The summed E-state index contributed by atoms with van der Waals surface area (Å²) in [6.07, 6.45) is 4.35. The summed E-state index contributed by atoms with van der Waals surface area (Å²) < 4.78 is 0. The Balaban J connectivity index is 1.13. The van der Waals surface area contributed by atoms with Crippen molar-refractivity contribution in [1.29, 1.82) is 0 Å². The van der Waals surface area contributed by atoms with Gasteiger partial charge in [0.15, 0.2) is 0 Å². The van der Waals surface area contributed by atoms with Gasteiger partial charge in [-0.05, 0) is 95.1 Å². The fourth-order valence-corrected chi connectivity index (χ4v) is 5.74. The molecule has 0 heterocycles. The van der Waals surface area contributed by atoms with E-state index in [1.807, 2.05) is 0 Å². The van der Waals surface area contributed by atoms with Gasteiger partial charge in [0.25, 0.3) is 0 Å². The van der Waals surface area contributed by atoms with Gasteiger partial charge in [0.1, 0.15) is 0 Å². The molecule has 0 aliphatic rings. The van der Waals surface area contributed by atoms with Crippen molar-refractivity contribution >= 4 is 46.3 Å². The molecule has 220 valence electrons. The largest absolute Gasteiger partial charge is 0.311 e. The third-order valence-electron chi connectivity index (χ3n) is 8.03. The fraction of sp³-hybridized carbons (Fsp3) is 0. The quantitative estimate of drug-likeness (QED) is 0.154. The van der Waals surface area contributed by atoms with Crippen LogP contribution < -0.4 is 9.80 Å². The van der Waals surface area contributed by atoms with Crippen LogP contribution >= 0.6 is 0 Å². The molecule has 46 heavy (non-hydrogen) atoms. The number of rotatable bonds is 9. The molecule has 2 heteroatoms. The summed E-state index contributed by atoms with van der Waals surface area (Å²) in [5.74, 6) is 0. The molecule has 0 bridgehead atoms. The van der Waals surface area contributed by atoms with Crippen molar-refractivity contribution in [2.45, 2.75) is 0 Å². The number of hydrogen-bond acceptors (Lipinski definition) is 2. The van der Waals surface area contributed by atoms with Crippen molar-refractivity contribution in [3.63, 3.8) is 0 Å². The van der Waals surface area contributed by atoms with Crippen LogP contribution in [0.15, 0.2) is 194 Å². The van der Waals surface area contributed by atoms with E-state index in [1.165, 1.54) is 11.1 Å². The summed E-state index contributed by atoms with van der Waals surface area (Å²) in [6, 6.07) is 68.3. The standard InChI is InChI=1S/C44H34N2/c1-5-14-37(15-6-1)38-16-13-23-44(34-38)46(41-21-11-4-12-22-41)43-32-28-36(29-33-43)25-24-35-26-30-42(31-27-35)45(39-17-7-2-8-18-39)40-19-9-3-10-20-40/h1-34H. The molecule has 0 saturated heterocycles. The average molecular weight is 591 g/mol. The number of benzene rings is 7. The summed E-state index contributed by atoms with van der Waals surface area (Å²) in [5, 5.41) is 0. The van der Waals surface area contributed by atoms with Gasteiger partial charge >= 0.3 is 0 Å². The Morgan fingerprint density at radius 3 is 1.02 bits per heavy atom. The van der Waals surface area contributed by atoms with E-state index in [0.29, 0.717) is 0 Å². The Morgan fingerprint density at radius 1 is 0.261 bits per heavy atom. The molecule has 0 amide bonds. The van der Waals surface area contributed by atoms with Crippen molar-refractivity contribution < 1.29 is 0 Å². The summed E-state index contributed by atoms with van der Waals surface area (Å²) in [6.45, 7) is 0. The Kier molecular flexibility index (Phi) is 8.51. The van der Waals surface area contributed by atoms with E-state index in [-0.39, 0.29) is 0 Å². The van der Waals surface area contributed by atoms with E-state index in [4.69, 9.17) is 0 Å². The molecule has 0 aliphatic heterocycles. The molecule has 0 aliphatic carbocycles. The van der Waals surface area contributed by atoms with Crippen LogP contribution in [0, 0.1) is 0 Å². The van der Waals surface area contributed by atoms with Crippen LogP contribution in [0.1, 0.15) is 11.1 Å². The predicted octanol–water partition coefficient (Wildman–Crippen LogP) is 12.5. The van der Waals surface area contributed by atoms with Gasteiger partial charge in [0, 0.05) is 34.1 Å². The first-order valence-corrected chi connectivity index (χ1v) is 15.6. The molecule has 0 atom stereocenters. The van der Waals surface area contributed by atoms with Gasteiger partial charge in [-0.1, -0.05) is 133 Å². The fourth-order valence-electron chi connectivity index (χ4n) is 5.74. The molecule has 0 N–H and O–H groups in total. The van der Waals surface area contributed by atoms with E-state index in [0.717, 1.165) is 45.3 Å². The van der Waals surface area contributed by atoms with Gasteiger partial charge in [0.2, 0.25) is 0 Å². The maximum Gasteiger partial charge on any atom is 0.0467 e. The minimum absolute atomic E-state index is 1.11. The zero-order valence-electron chi connectivity index (χ0n) is 25.5. The second kappa shape index (κ2) is 13.7. The molecule has 0 spiro atoms. The van der Waals surface area contributed by atoms with E-state index >= 15 is 0 Å². The topological polar surface area (TPSA) is 6.48 Å².